The van der Waals surface area contributed by atoms with E-state index >= 15 is 0 Å². The zero-order chi connectivity index (χ0) is 32.0. The smallest absolute Gasteiger partial charge is 0.0982 e. The average molecular weight is 583 g/mol. The molecule has 3 aliphatic rings. The minimum Gasteiger partial charge on any atom is -0.393 e. The molecule has 0 aromatic heterocycles. The topological polar surface area (TPSA) is 49.7 Å². The van der Waals surface area contributed by atoms with Crippen molar-refractivity contribution in [2.24, 2.45) is 10.8 Å². The predicted molar refractivity (Wildman–Crippen MR) is 182 cm³/mol. The Morgan fingerprint density at radius 3 is 1.98 bits per heavy atom. The third-order valence-corrected chi connectivity index (χ3v) is 8.85. The van der Waals surface area contributed by atoms with Gasteiger partial charge in [-0.25, -0.2) is 0 Å². The molecule has 0 aromatic carbocycles. The van der Waals surface area contributed by atoms with Crippen molar-refractivity contribution in [3.63, 3.8) is 0 Å². The molecular weight excluding hydrogens is 528 g/mol. The lowest BCUT2D eigenvalue weighted by atomic mass is 9.65. The monoisotopic (exact) mass is 582 g/mol. The first-order valence-electron chi connectivity index (χ1n) is 15.7. The van der Waals surface area contributed by atoms with Crippen LogP contribution in [0.4, 0.5) is 0 Å². The summed E-state index contributed by atoms with van der Waals surface area (Å²) in [4.78, 5) is 0. The van der Waals surface area contributed by atoms with Gasteiger partial charge in [-0.2, -0.15) is 0 Å². The normalized spacial score (nSPS) is 30.2. The first-order chi connectivity index (χ1) is 20.0. The number of rotatable bonds is 7. The van der Waals surface area contributed by atoms with Gasteiger partial charge >= 0.3 is 0 Å². The fraction of sp³-hybridized carbons (Fsp3) is 0.500. The molecule has 1 heterocycles. The summed E-state index contributed by atoms with van der Waals surface area (Å²) in [5, 5.41) is 20.5. The maximum atomic E-state index is 10.4. The Hall–Kier alpha value is -2.90. The Morgan fingerprint density at radius 2 is 1.37 bits per heavy atom. The van der Waals surface area contributed by atoms with E-state index in [0.717, 1.165) is 41.6 Å². The van der Waals surface area contributed by atoms with Crippen LogP contribution in [-0.4, -0.2) is 34.1 Å². The van der Waals surface area contributed by atoms with Crippen molar-refractivity contribution in [2.75, 3.05) is 0 Å². The standard InChI is InChI=1S/C40H54O3/c1-28(17-13-18-30(3)21-22-35-32(5)23-33(41)25-38(35,6)7)15-11-12-16-29(2)19-14-20-31(4)36-24-37-39(8,9)26-34(42)27-40(37,10)43-36/h11-20,24,33-34,36,41-42H,23,25-27H2,1-10H3/b12-11+,17-13+,19-14+,28-15+,29-16+,30-18+,31-20+/t33-,34+,36+,40+/m0/s1. The minimum absolute atomic E-state index is 0.0498. The van der Waals surface area contributed by atoms with Gasteiger partial charge in [0.25, 0.3) is 0 Å². The van der Waals surface area contributed by atoms with Crippen LogP contribution in [0.3, 0.4) is 0 Å². The maximum absolute atomic E-state index is 10.4. The lowest BCUT2D eigenvalue weighted by Crippen LogP contribution is -2.45. The number of ether oxygens (including phenoxy) is 1. The molecular formula is C40H54O3. The van der Waals surface area contributed by atoms with Gasteiger partial charge in [-0.1, -0.05) is 117 Å². The lowest BCUT2D eigenvalue weighted by Gasteiger charge is -2.44. The van der Waals surface area contributed by atoms with Gasteiger partial charge in [0, 0.05) is 17.4 Å². The molecule has 1 aliphatic heterocycles. The molecule has 2 aliphatic carbocycles. The molecule has 0 spiro atoms. The van der Waals surface area contributed by atoms with Crippen LogP contribution in [0.2, 0.25) is 0 Å². The molecule has 4 atom stereocenters. The minimum atomic E-state index is -0.384. The maximum Gasteiger partial charge on any atom is 0.0982 e. The zero-order valence-corrected chi connectivity index (χ0v) is 28.2. The second kappa shape index (κ2) is 14.3. The van der Waals surface area contributed by atoms with E-state index in [4.69, 9.17) is 4.74 Å². The molecule has 0 aromatic rings. The summed E-state index contributed by atoms with van der Waals surface area (Å²) in [7, 11) is 0. The first-order valence-corrected chi connectivity index (χ1v) is 15.7. The molecule has 1 saturated carbocycles. The zero-order valence-electron chi connectivity index (χ0n) is 28.2. The van der Waals surface area contributed by atoms with E-state index in [9.17, 15) is 10.2 Å². The van der Waals surface area contributed by atoms with Gasteiger partial charge in [0.05, 0.1) is 23.9 Å². The molecule has 0 saturated heterocycles. The Balaban J connectivity index is 1.53. The highest BCUT2D eigenvalue weighted by molar-refractivity contribution is 5.45. The molecule has 3 rings (SSSR count). The summed E-state index contributed by atoms with van der Waals surface area (Å²) >= 11 is 0. The highest BCUT2D eigenvalue weighted by atomic mass is 16.5. The molecule has 0 unspecified atom stereocenters. The van der Waals surface area contributed by atoms with E-state index in [1.165, 1.54) is 16.7 Å². The van der Waals surface area contributed by atoms with Crippen LogP contribution in [0, 0.1) is 22.7 Å². The number of allylic oxidation sites excluding steroid dienone is 14. The highest BCUT2D eigenvalue weighted by Crippen LogP contribution is 2.52. The van der Waals surface area contributed by atoms with Gasteiger partial charge < -0.3 is 14.9 Å². The Bertz CT molecular complexity index is 1390. The number of aliphatic hydroxyl groups excluding tert-OH is 2. The summed E-state index contributed by atoms with van der Waals surface area (Å²) < 4.78 is 6.46. The molecule has 0 amide bonds. The average Bonchev–Trinajstić information content (AvgIpc) is 3.23. The van der Waals surface area contributed by atoms with Crippen molar-refractivity contribution in [3.8, 4) is 11.8 Å². The van der Waals surface area contributed by atoms with Crippen LogP contribution < -0.4 is 0 Å². The second-order valence-corrected chi connectivity index (χ2v) is 14.3. The van der Waals surface area contributed by atoms with Gasteiger partial charge in [0.2, 0.25) is 0 Å². The van der Waals surface area contributed by atoms with Gasteiger partial charge in [-0.15, -0.1) is 0 Å². The highest BCUT2D eigenvalue weighted by Gasteiger charge is 2.50. The summed E-state index contributed by atoms with van der Waals surface area (Å²) in [6.45, 7) is 21.3. The second-order valence-electron chi connectivity index (χ2n) is 14.3. The van der Waals surface area contributed by atoms with Gasteiger partial charge in [-0.3, -0.25) is 0 Å². The van der Waals surface area contributed by atoms with Crippen LogP contribution >= 0.6 is 0 Å². The Labute approximate surface area is 261 Å². The summed E-state index contributed by atoms with van der Waals surface area (Å²) in [6, 6.07) is 0. The van der Waals surface area contributed by atoms with Gasteiger partial charge in [-0.05, 0) is 89.0 Å². The largest absolute Gasteiger partial charge is 0.393 e. The van der Waals surface area contributed by atoms with Crippen LogP contribution in [-0.2, 0) is 4.74 Å². The van der Waals surface area contributed by atoms with Gasteiger partial charge in [0.15, 0.2) is 0 Å². The van der Waals surface area contributed by atoms with Crippen molar-refractivity contribution < 1.29 is 14.9 Å². The van der Waals surface area contributed by atoms with E-state index in [1.54, 1.807) is 0 Å². The van der Waals surface area contributed by atoms with Crippen molar-refractivity contribution in [3.05, 3.63) is 106 Å². The molecule has 1 fully saturated rings. The van der Waals surface area contributed by atoms with Crippen LogP contribution in [0.5, 0.6) is 0 Å². The van der Waals surface area contributed by atoms with Gasteiger partial charge in [0.1, 0.15) is 0 Å². The number of aliphatic hydroxyl groups is 2. The van der Waals surface area contributed by atoms with E-state index in [1.807, 2.05) is 19.1 Å². The van der Waals surface area contributed by atoms with Crippen molar-refractivity contribution in [1.82, 2.24) is 0 Å². The number of fused-ring (bicyclic) bond motifs is 1. The summed E-state index contributed by atoms with van der Waals surface area (Å²) in [5.74, 6) is 6.68. The fourth-order valence-electron chi connectivity index (χ4n) is 6.84. The van der Waals surface area contributed by atoms with Crippen molar-refractivity contribution in [2.45, 2.75) is 119 Å². The summed E-state index contributed by atoms with van der Waals surface area (Å²) in [5.41, 5.74) is 7.67. The molecule has 3 nitrogen and oxygen atoms in total. The predicted octanol–water partition coefficient (Wildman–Crippen LogP) is 9.21. The van der Waals surface area contributed by atoms with E-state index in [2.05, 4.69) is 129 Å². The molecule has 0 radical (unpaired) electrons. The van der Waals surface area contributed by atoms with E-state index in [0.29, 0.717) is 6.42 Å². The Morgan fingerprint density at radius 1 is 0.791 bits per heavy atom. The van der Waals surface area contributed by atoms with Crippen molar-refractivity contribution >= 4 is 0 Å². The third kappa shape index (κ3) is 9.54. The molecule has 0 bridgehead atoms. The molecule has 43 heavy (non-hydrogen) atoms. The van der Waals surface area contributed by atoms with Crippen LogP contribution in [0.1, 0.15) is 94.9 Å². The van der Waals surface area contributed by atoms with Crippen LogP contribution in [0.15, 0.2) is 106 Å². The van der Waals surface area contributed by atoms with E-state index in [-0.39, 0.29) is 34.7 Å². The fourth-order valence-corrected chi connectivity index (χ4v) is 6.84. The third-order valence-electron chi connectivity index (χ3n) is 8.85. The number of hydrogen-bond acceptors (Lipinski definition) is 3. The van der Waals surface area contributed by atoms with E-state index < -0.39 is 0 Å². The molecule has 3 heteroatoms. The SMILES string of the molecule is CC1=C(C#C/C(C)=C/C=C/C(C)=C/C=C/C=C(C)/C=C/C=C(\C)[C@H]2C=C3C(C)(C)C[C@@H](O)C[C@@]3(C)O2)C(C)(C)C[C@@H](O)C1. The lowest BCUT2D eigenvalue weighted by molar-refractivity contribution is -0.0683. The quantitative estimate of drug-likeness (QED) is 0.179. The Kier molecular flexibility index (Phi) is 11.5. The molecule has 232 valence electrons. The number of hydrogen-bond donors (Lipinski definition) is 2. The van der Waals surface area contributed by atoms with Crippen LogP contribution in [0.25, 0.3) is 0 Å². The molecule has 2 N–H and O–H groups in total. The summed E-state index contributed by atoms with van der Waals surface area (Å²) in [6.07, 6.45) is 25.4. The van der Waals surface area contributed by atoms with Crippen molar-refractivity contribution in [1.29, 1.82) is 0 Å². The first kappa shape index (κ1) is 34.6.